The van der Waals surface area contributed by atoms with Gasteiger partial charge in [0.2, 0.25) is 0 Å². The number of fused-ring (bicyclic) bond motifs is 1. The van der Waals surface area contributed by atoms with Crippen LogP contribution in [0.4, 0.5) is 0 Å². The number of thioether (sulfide) groups is 1. The molecular weight excluding hydrogens is 220 g/mol. The quantitative estimate of drug-likeness (QED) is 0.857. The Hall–Kier alpha value is -1.00. The minimum absolute atomic E-state index is 0.253. The molecule has 0 saturated carbocycles. The van der Waals surface area contributed by atoms with Gasteiger partial charge in [-0.1, -0.05) is 6.07 Å². The highest BCUT2D eigenvalue weighted by Gasteiger charge is 2.03. The molecule has 86 valence electrons. The maximum Gasteiger partial charge on any atom is 0.117 e. The first kappa shape index (κ1) is 11.5. The highest BCUT2D eigenvalue weighted by atomic mass is 32.2. The van der Waals surface area contributed by atoms with Crippen molar-refractivity contribution in [1.82, 2.24) is 9.97 Å². The summed E-state index contributed by atoms with van der Waals surface area (Å²) in [5, 5.41) is 9.16. The van der Waals surface area contributed by atoms with E-state index in [4.69, 9.17) is 5.11 Å². The Kier molecular flexibility index (Phi) is 3.51. The molecule has 0 aliphatic rings. The number of H-pyrrole nitrogens is 1. The molecule has 2 aromatic rings. The van der Waals surface area contributed by atoms with E-state index in [9.17, 15) is 0 Å². The van der Waals surface area contributed by atoms with Crippen molar-refractivity contribution in [2.45, 2.75) is 25.7 Å². The van der Waals surface area contributed by atoms with E-state index in [1.54, 1.807) is 18.7 Å². The van der Waals surface area contributed by atoms with Gasteiger partial charge in [0, 0.05) is 5.75 Å². The number of benzene rings is 1. The van der Waals surface area contributed by atoms with Gasteiger partial charge in [-0.2, -0.15) is 11.8 Å². The second kappa shape index (κ2) is 4.89. The molecule has 1 aromatic heterocycles. The Bertz CT molecular complexity index is 479. The minimum Gasteiger partial charge on any atom is -0.393 e. The van der Waals surface area contributed by atoms with Crippen LogP contribution >= 0.6 is 11.8 Å². The number of aliphatic hydroxyl groups is 1. The minimum atomic E-state index is -0.253. The molecule has 0 bridgehead atoms. The van der Waals surface area contributed by atoms with Gasteiger partial charge >= 0.3 is 0 Å². The van der Waals surface area contributed by atoms with Crippen LogP contribution in [0.2, 0.25) is 0 Å². The van der Waals surface area contributed by atoms with Crippen molar-refractivity contribution in [2.24, 2.45) is 0 Å². The van der Waals surface area contributed by atoms with Crippen LogP contribution in [-0.2, 0) is 5.75 Å². The van der Waals surface area contributed by atoms with Gasteiger partial charge in [-0.15, -0.1) is 0 Å². The van der Waals surface area contributed by atoms with Crippen molar-refractivity contribution in [2.75, 3.05) is 5.75 Å². The molecule has 16 heavy (non-hydrogen) atoms. The van der Waals surface area contributed by atoms with Crippen molar-refractivity contribution in [3.63, 3.8) is 0 Å². The van der Waals surface area contributed by atoms with Gasteiger partial charge in [-0.25, -0.2) is 4.98 Å². The number of aryl methyl sites for hydroxylation is 1. The van der Waals surface area contributed by atoms with Crippen molar-refractivity contribution in [1.29, 1.82) is 0 Å². The fourth-order valence-corrected chi connectivity index (χ4v) is 2.36. The molecule has 1 atom stereocenters. The summed E-state index contributed by atoms with van der Waals surface area (Å²) in [5.74, 6) is 2.54. The molecule has 0 unspecified atom stereocenters. The van der Waals surface area contributed by atoms with Crippen LogP contribution in [0.1, 0.15) is 18.3 Å². The van der Waals surface area contributed by atoms with Crippen molar-refractivity contribution < 1.29 is 5.11 Å². The summed E-state index contributed by atoms with van der Waals surface area (Å²) in [5.41, 5.74) is 3.34. The first-order valence-electron chi connectivity index (χ1n) is 5.36. The van der Waals surface area contributed by atoms with Crippen LogP contribution in [0.25, 0.3) is 11.0 Å². The average molecular weight is 236 g/mol. The van der Waals surface area contributed by atoms with E-state index >= 15 is 0 Å². The van der Waals surface area contributed by atoms with Crippen LogP contribution in [0.15, 0.2) is 18.2 Å². The van der Waals surface area contributed by atoms with Gasteiger partial charge in [0.05, 0.1) is 22.9 Å². The zero-order valence-corrected chi connectivity index (χ0v) is 10.3. The fourth-order valence-electron chi connectivity index (χ4n) is 1.57. The van der Waals surface area contributed by atoms with Gasteiger partial charge in [-0.05, 0) is 31.5 Å². The lowest BCUT2D eigenvalue weighted by molar-refractivity contribution is 0.220. The summed E-state index contributed by atoms with van der Waals surface area (Å²) >= 11 is 1.69. The number of rotatable bonds is 4. The molecule has 3 nitrogen and oxygen atoms in total. The summed E-state index contributed by atoms with van der Waals surface area (Å²) in [6.07, 6.45) is -0.253. The standard InChI is InChI=1S/C12H16N2OS/c1-8-3-4-10-11(5-8)14-12(13-10)7-16-6-9(2)15/h3-5,9,15H,6-7H2,1-2H3,(H,13,14)/t9-/m0/s1. The van der Waals surface area contributed by atoms with E-state index in [1.807, 2.05) is 6.07 Å². The lowest BCUT2D eigenvalue weighted by Gasteiger charge is -2.01. The Morgan fingerprint density at radius 2 is 2.31 bits per heavy atom. The van der Waals surface area contributed by atoms with E-state index in [2.05, 4.69) is 29.0 Å². The Morgan fingerprint density at radius 3 is 3.06 bits per heavy atom. The Labute approximate surface area is 99.3 Å². The molecule has 0 saturated heterocycles. The first-order valence-corrected chi connectivity index (χ1v) is 6.51. The van der Waals surface area contributed by atoms with E-state index in [0.29, 0.717) is 0 Å². The molecule has 0 amide bonds. The molecule has 0 fully saturated rings. The molecule has 2 N–H and O–H groups in total. The molecular formula is C12H16N2OS. The smallest absolute Gasteiger partial charge is 0.117 e. The highest BCUT2D eigenvalue weighted by molar-refractivity contribution is 7.98. The van der Waals surface area contributed by atoms with Gasteiger partial charge in [-0.3, -0.25) is 0 Å². The van der Waals surface area contributed by atoms with Gasteiger partial charge in [0.15, 0.2) is 0 Å². The van der Waals surface area contributed by atoms with E-state index < -0.39 is 0 Å². The van der Waals surface area contributed by atoms with Crippen LogP contribution < -0.4 is 0 Å². The number of aromatic amines is 1. The number of nitrogens with one attached hydrogen (secondary N) is 1. The number of nitrogens with zero attached hydrogens (tertiary/aromatic N) is 1. The van der Waals surface area contributed by atoms with Crippen molar-refractivity contribution in [3.8, 4) is 0 Å². The Morgan fingerprint density at radius 1 is 1.50 bits per heavy atom. The number of hydrogen-bond acceptors (Lipinski definition) is 3. The number of aromatic nitrogens is 2. The van der Waals surface area contributed by atoms with Crippen molar-refractivity contribution >= 4 is 22.8 Å². The SMILES string of the molecule is Cc1ccc2nc(CSC[C@H](C)O)[nH]c2c1. The third-order valence-electron chi connectivity index (χ3n) is 2.28. The topological polar surface area (TPSA) is 48.9 Å². The van der Waals surface area contributed by atoms with Crippen LogP contribution in [0.3, 0.4) is 0 Å². The molecule has 1 aromatic carbocycles. The molecule has 0 aliphatic heterocycles. The zero-order chi connectivity index (χ0) is 11.5. The van der Waals surface area contributed by atoms with E-state index in [1.165, 1.54) is 5.56 Å². The van der Waals surface area contributed by atoms with Gasteiger partial charge < -0.3 is 10.1 Å². The zero-order valence-electron chi connectivity index (χ0n) is 9.53. The average Bonchev–Trinajstić information content (AvgIpc) is 2.58. The fraction of sp³-hybridized carbons (Fsp3) is 0.417. The second-order valence-electron chi connectivity index (χ2n) is 4.07. The predicted molar refractivity (Wildman–Crippen MR) is 68.7 cm³/mol. The summed E-state index contributed by atoms with van der Waals surface area (Å²) in [7, 11) is 0. The molecule has 0 radical (unpaired) electrons. The molecule has 2 rings (SSSR count). The lowest BCUT2D eigenvalue weighted by Crippen LogP contribution is -2.03. The largest absolute Gasteiger partial charge is 0.393 e. The van der Waals surface area contributed by atoms with Crippen LogP contribution in [0, 0.1) is 6.92 Å². The highest BCUT2D eigenvalue weighted by Crippen LogP contribution is 2.17. The molecule has 4 heteroatoms. The summed E-state index contributed by atoms with van der Waals surface area (Å²) in [4.78, 5) is 7.79. The third kappa shape index (κ3) is 2.77. The first-order chi connectivity index (χ1) is 7.65. The molecule has 0 spiro atoms. The van der Waals surface area contributed by atoms with Crippen LogP contribution in [-0.4, -0.2) is 26.9 Å². The number of imidazole rings is 1. The summed E-state index contributed by atoms with van der Waals surface area (Å²) < 4.78 is 0. The maximum absolute atomic E-state index is 9.16. The van der Waals surface area contributed by atoms with E-state index in [0.717, 1.165) is 28.4 Å². The number of hydrogen-bond donors (Lipinski definition) is 2. The van der Waals surface area contributed by atoms with Crippen LogP contribution in [0.5, 0.6) is 0 Å². The molecule has 1 heterocycles. The second-order valence-corrected chi connectivity index (χ2v) is 5.10. The van der Waals surface area contributed by atoms with Gasteiger partial charge in [0.25, 0.3) is 0 Å². The summed E-state index contributed by atoms with van der Waals surface area (Å²) in [6.45, 7) is 3.87. The lowest BCUT2D eigenvalue weighted by atomic mass is 10.2. The maximum atomic E-state index is 9.16. The summed E-state index contributed by atoms with van der Waals surface area (Å²) in [6, 6.07) is 6.20. The normalized spacial score (nSPS) is 13.2. The monoisotopic (exact) mass is 236 g/mol. The number of aliphatic hydroxyl groups excluding tert-OH is 1. The predicted octanol–water partition coefficient (Wildman–Crippen LogP) is 2.49. The van der Waals surface area contributed by atoms with Gasteiger partial charge in [0.1, 0.15) is 5.82 Å². The molecule has 0 aliphatic carbocycles. The van der Waals surface area contributed by atoms with E-state index in [-0.39, 0.29) is 6.10 Å². The third-order valence-corrected chi connectivity index (χ3v) is 3.48. The Balaban J connectivity index is 2.08. The van der Waals surface area contributed by atoms with Crippen molar-refractivity contribution in [3.05, 3.63) is 29.6 Å².